The van der Waals surface area contributed by atoms with E-state index in [-0.39, 0.29) is 0 Å². The fourth-order valence-corrected chi connectivity index (χ4v) is 1.54. The van der Waals surface area contributed by atoms with Gasteiger partial charge in [0.25, 0.3) is 0 Å². The van der Waals surface area contributed by atoms with Gasteiger partial charge in [-0.2, -0.15) is 0 Å². The van der Waals surface area contributed by atoms with Gasteiger partial charge in [0, 0.05) is 25.1 Å². The lowest BCUT2D eigenvalue weighted by Crippen LogP contribution is -2.36. The van der Waals surface area contributed by atoms with Crippen molar-refractivity contribution < 1.29 is 4.74 Å². The van der Waals surface area contributed by atoms with E-state index in [1.807, 2.05) is 6.92 Å². The van der Waals surface area contributed by atoms with Crippen LogP contribution in [0.3, 0.4) is 0 Å². The van der Waals surface area contributed by atoms with Crippen LogP contribution in [-0.2, 0) is 4.74 Å². The summed E-state index contributed by atoms with van der Waals surface area (Å²) < 4.78 is 5.24. The van der Waals surface area contributed by atoms with E-state index < -0.39 is 0 Å². The third-order valence-electron chi connectivity index (χ3n) is 2.05. The van der Waals surface area contributed by atoms with Crippen molar-refractivity contribution in [1.82, 2.24) is 5.32 Å². The van der Waals surface area contributed by atoms with E-state index in [1.165, 1.54) is 0 Å². The molecule has 0 aliphatic heterocycles. The fourth-order valence-electron chi connectivity index (χ4n) is 1.07. The minimum Gasteiger partial charge on any atom is -0.382 e. The molecule has 0 spiro atoms. The summed E-state index contributed by atoms with van der Waals surface area (Å²) in [6.45, 7) is 9.03. The molecule has 0 aliphatic rings. The third-order valence-corrected chi connectivity index (χ3v) is 2.38. The van der Waals surface area contributed by atoms with Crippen molar-refractivity contribution in [3.63, 3.8) is 0 Å². The summed E-state index contributed by atoms with van der Waals surface area (Å²) in [5, 5.41) is 3.42. The Morgan fingerprint density at radius 2 is 2.08 bits per heavy atom. The molecule has 80 valence electrons. The summed E-state index contributed by atoms with van der Waals surface area (Å²) in [6.07, 6.45) is 1.06. The van der Waals surface area contributed by atoms with E-state index in [9.17, 15) is 0 Å². The first kappa shape index (κ1) is 13.2. The van der Waals surface area contributed by atoms with Gasteiger partial charge in [-0.1, -0.05) is 13.8 Å². The summed E-state index contributed by atoms with van der Waals surface area (Å²) in [6, 6.07) is 0.434. The van der Waals surface area contributed by atoms with Crippen LogP contribution >= 0.6 is 11.6 Å². The summed E-state index contributed by atoms with van der Waals surface area (Å²) in [4.78, 5) is 0. The van der Waals surface area contributed by atoms with Crippen molar-refractivity contribution in [1.29, 1.82) is 0 Å². The topological polar surface area (TPSA) is 21.3 Å². The zero-order valence-electron chi connectivity index (χ0n) is 8.98. The van der Waals surface area contributed by atoms with Crippen molar-refractivity contribution in [3.05, 3.63) is 0 Å². The zero-order valence-corrected chi connectivity index (χ0v) is 9.73. The number of rotatable bonds is 8. The monoisotopic (exact) mass is 207 g/mol. The van der Waals surface area contributed by atoms with Crippen LogP contribution in [0, 0.1) is 5.92 Å². The number of alkyl halides is 1. The Morgan fingerprint density at radius 1 is 1.38 bits per heavy atom. The second-order valence-electron chi connectivity index (χ2n) is 3.51. The molecule has 0 aliphatic carbocycles. The Morgan fingerprint density at radius 3 is 2.54 bits per heavy atom. The lowest BCUT2D eigenvalue weighted by Gasteiger charge is -2.19. The molecule has 1 N–H and O–H groups in total. The minimum atomic E-state index is 0.434. The highest BCUT2D eigenvalue weighted by molar-refractivity contribution is 6.18. The standard InChI is InChI=1S/C10H22ClNO/c1-4-13-7-5-6-12-10(8-11)9(2)3/h9-10,12H,4-8H2,1-3H3. The number of halogens is 1. The molecule has 0 fully saturated rings. The highest BCUT2D eigenvalue weighted by atomic mass is 35.5. The normalized spacial score (nSPS) is 13.6. The van der Waals surface area contributed by atoms with Crippen molar-refractivity contribution in [2.24, 2.45) is 5.92 Å². The molecular formula is C10H22ClNO. The largest absolute Gasteiger partial charge is 0.382 e. The number of hydrogen-bond donors (Lipinski definition) is 1. The zero-order chi connectivity index (χ0) is 10.1. The second kappa shape index (κ2) is 8.79. The van der Waals surface area contributed by atoms with Crippen molar-refractivity contribution >= 4 is 11.6 Å². The average Bonchev–Trinajstić information content (AvgIpc) is 2.10. The molecule has 0 saturated heterocycles. The van der Waals surface area contributed by atoms with Gasteiger partial charge in [-0.25, -0.2) is 0 Å². The molecule has 0 radical (unpaired) electrons. The molecule has 0 saturated carbocycles. The first-order valence-electron chi connectivity index (χ1n) is 5.09. The van der Waals surface area contributed by atoms with Crippen LogP contribution in [0.25, 0.3) is 0 Å². The molecule has 0 heterocycles. The van der Waals surface area contributed by atoms with E-state index in [0.29, 0.717) is 17.8 Å². The first-order chi connectivity index (χ1) is 6.22. The Balaban J connectivity index is 3.28. The van der Waals surface area contributed by atoms with Crippen LogP contribution in [0.4, 0.5) is 0 Å². The van der Waals surface area contributed by atoms with Gasteiger partial charge in [-0.15, -0.1) is 11.6 Å². The van der Waals surface area contributed by atoms with E-state index in [1.54, 1.807) is 0 Å². The van der Waals surface area contributed by atoms with Gasteiger partial charge in [-0.05, 0) is 25.8 Å². The highest BCUT2D eigenvalue weighted by Gasteiger charge is 2.09. The first-order valence-corrected chi connectivity index (χ1v) is 5.62. The van der Waals surface area contributed by atoms with Gasteiger partial charge in [-0.3, -0.25) is 0 Å². The Hall–Kier alpha value is 0.210. The molecule has 3 heteroatoms. The van der Waals surface area contributed by atoms with E-state index in [0.717, 1.165) is 26.2 Å². The predicted octanol–water partition coefficient (Wildman–Crippen LogP) is 2.27. The van der Waals surface area contributed by atoms with Crippen LogP contribution < -0.4 is 5.32 Å². The molecule has 0 aromatic carbocycles. The lowest BCUT2D eigenvalue weighted by atomic mass is 10.1. The Bertz CT molecular complexity index is 109. The van der Waals surface area contributed by atoms with Crippen LogP contribution in [0.1, 0.15) is 27.2 Å². The predicted molar refractivity (Wildman–Crippen MR) is 58.5 cm³/mol. The summed E-state index contributed by atoms with van der Waals surface area (Å²) in [5.41, 5.74) is 0. The number of nitrogens with one attached hydrogen (secondary N) is 1. The third kappa shape index (κ3) is 7.29. The maximum atomic E-state index is 5.81. The van der Waals surface area contributed by atoms with Crippen LogP contribution in [0.5, 0.6) is 0 Å². The van der Waals surface area contributed by atoms with Gasteiger partial charge in [0.05, 0.1) is 0 Å². The van der Waals surface area contributed by atoms with Crippen LogP contribution in [0.15, 0.2) is 0 Å². The van der Waals surface area contributed by atoms with Crippen LogP contribution in [0.2, 0.25) is 0 Å². The van der Waals surface area contributed by atoms with Crippen molar-refractivity contribution in [3.8, 4) is 0 Å². The molecule has 0 amide bonds. The molecule has 0 aromatic rings. The maximum absolute atomic E-state index is 5.81. The number of ether oxygens (including phenoxy) is 1. The summed E-state index contributed by atoms with van der Waals surface area (Å²) >= 11 is 5.81. The van der Waals surface area contributed by atoms with Gasteiger partial charge in [0.15, 0.2) is 0 Å². The minimum absolute atomic E-state index is 0.434. The quantitative estimate of drug-likeness (QED) is 0.487. The lowest BCUT2D eigenvalue weighted by molar-refractivity contribution is 0.143. The van der Waals surface area contributed by atoms with Gasteiger partial charge in [0.1, 0.15) is 0 Å². The van der Waals surface area contributed by atoms with Crippen LogP contribution in [-0.4, -0.2) is 31.7 Å². The van der Waals surface area contributed by atoms with E-state index in [4.69, 9.17) is 16.3 Å². The summed E-state index contributed by atoms with van der Waals surface area (Å²) in [5.74, 6) is 1.29. The Kier molecular flexibility index (Phi) is 8.93. The molecule has 13 heavy (non-hydrogen) atoms. The SMILES string of the molecule is CCOCCCNC(CCl)C(C)C. The number of hydrogen-bond acceptors (Lipinski definition) is 2. The smallest absolute Gasteiger partial charge is 0.0477 e. The Labute approximate surface area is 87.0 Å². The molecule has 2 nitrogen and oxygen atoms in total. The fraction of sp³-hybridized carbons (Fsp3) is 1.00. The van der Waals surface area contributed by atoms with E-state index in [2.05, 4.69) is 19.2 Å². The molecular weight excluding hydrogens is 186 g/mol. The van der Waals surface area contributed by atoms with Gasteiger partial charge in [0.2, 0.25) is 0 Å². The molecule has 1 atom stereocenters. The van der Waals surface area contributed by atoms with E-state index >= 15 is 0 Å². The molecule has 0 aromatic heterocycles. The molecule has 1 unspecified atom stereocenters. The molecule has 0 rings (SSSR count). The summed E-state index contributed by atoms with van der Waals surface area (Å²) in [7, 11) is 0. The van der Waals surface area contributed by atoms with Gasteiger partial charge < -0.3 is 10.1 Å². The van der Waals surface area contributed by atoms with Crippen molar-refractivity contribution in [2.45, 2.75) is 33.2 Å². The maximum Gasteiger partial charge on any atom is 0.0477 e. The average molecular weight is 208 g/mol. The highest BCUT2D eigenvalue weighted by Crippen LogP contribution is 2.03. The second-order valence-corrected chi connectivity index (χ2v) is 3.82. The van der Waals surface area contributed by atoms with Gasteiger partial charge >= 0.3 is 0 Å². The molecule has 0 bridgehead atoms. The van der Waals surface area contributed by atoms with Crippen molar-refractivity contribution in [2.75, 3.05) is 25.6 Å².